The Kier molecular flexibility index (Phi) is 5.89. The summed E-state index contributed by atoms with van der Waals surface area (Å²) in [6.45, 7) is 1.63. The molecule has 1 N–H and O–H groups in total. The van der Waals surface area contributed by atoms with Gasteiger partial charge in [-0.25, -0.2) is 9.36 Å². The molecule has 2 heterocycles. The first kappa shape index (κ1) is 23.4. The number of carbonyl (C=O) groups excluding carboxylic acids is 1. The van der Waals surface area contributed by atoms with Crippen molar-refractivity contribution in [2.75, 3.05) is 12.4 Å². The van der Waals surface area contributed by atoms with Crippen LogP contribution in [-0.2, 0) is 18.4 Å². The van der Waals surface area contributed by atoms with Crippen molar-refractivity contribution >= 4 is 45.1 Å². The van der Waals surface area contributed by atoms with Gasteiger partial charge < -0.3 is 14.6 Å². The second kappa shape index (κ2) is 9.05. The van der Waals surface area contributed by atoms with Crippen LogP contribution >= 0.6 is 11.6 Å². The van der Waals surface area contributed by atoms with E-state index in [1.165, 1.54) is 4.57 Å². The number of ether oxygens (including phenoxy) is 1. The second-order valence-corrected chi connectivity index (χ2v) is 8.98. The maximum atomic E-state index is 13.8. The fourth-order valence-electron chi connectivity index (χ4n) is 4.50. The number of carbonyl (C=O) groups is 1. The Morgan fingerprint density at radius 3 is 2.53 bits per heavy atom. The number of rotatable bonds is 5. The molecule has 36 heavy (non-hydrogen) atoms. The van der Waals surface area contributed by atoms with Crippen molar-refractivity contribution in [3.05, 3.63) is 98.2 Å². The summed E-state index contributed by atoms with van der Waals surface area (Å²) >= 11 is 6.17. The Bertz CT molecular complexity index is 1780. The van der Waals surface area contributed by atoms with E-state index in [-0.39, 0.29) is 6.54 Å². The number of aromatic nitrogens is 3. The summed E-state index contributed by atoms with van der Waals surface area (Å²) in [4.78, 5) is 40.7. The number of nitrogens with zero attached hydrogens (tertiary/aromatic N) is 3. The molecule has 5 rings (SSSR count). The summed E-state index contributed by atoms with van der Waals surface area (Å²) < 4.78 is 9.37. The molecule has 0 atom stereocenters. The Morgan fingerprint density at radius 2 is 1.78 bits per heavy atom. The maximum absolute atomic E-state index is 13.8. The molecule has 8 nitrogen and oxygen atoms in total. The first-order valence-electron chi connectivity index (χ1n) is 11.2. The SMILES string of the molecule is COc1cccc(NC(=O)Cn2c(=O)n(-c3cccc(Cl)c3)c(=O)c3c2c2cc(C)ccc2n3C)c1. The molecule has 182 valence electrons. The van der Waals surface area contributed by atoms with Crippen LogP contribution in [0.15, 0.2) is 76.3 Å². The highest BCUT2D eigenvalue weighted by atomic mass is 35.5. The molecule has 0 spiro atoms. The van der Waals surface area contributed by atoms with E-state index in [0.29, 0.717) is 38.6 Å². The van der Waals surface area contributed by atoms with Crippen LogP contribution in [0.1, 0.15) is 5.56 Å². The molecule has 0 unspecified atom stereocenters. The monoisotopic (exact) mass is 502 g/mol. The van der Waals surface area contributed by atoms with Crippen molar-refractivity contribution in [3.8, 4) is 11.4 Å². The minimum absolute atomic E-state index is 0.305. The molecule has 0 fully saturated rings. The van der Waals surface area contributed by atoms with Crippen LogP contribution in [0.2, 0.25) is 5.02 Å². The molecule has 5 aromatic rings. The lowest BCUT2D eigenvalue weighted by Crippen LogP contribution is -2.41. The van der Waals surface area contributed by atoms with Crippen LogP contribution in [-0.4, -0.2) is 26.7 Å². The number of fused-ring (bicyclic) bond motifs is 3. The van der Waals surface area contributed by atoms with E-state index in [1.54, 1.807) is 67.3 Å². The lowest BCUT2D eigenvalue weighted by Gasteiger charge is -2.14. The molecule has 0 bridgehead atoms. The predicted octanol–water partition coefficient (Wildman–Crippen LogP) is 4.25. The summed E-state index contributed by atoms with van der Waals surface area (Å²) in [6, 6.07) is 19.2. The van der Waals surface area contributed by atoms with Crippen molar-refractivity contribution < 1.29 is 9.53 Å². The first-order valence-corrected chi connectivity index (χ1v) is 11.6. The highest BCUT2D eigenvalue weighted by molar-refractivity contribution is 6.30. The molecule has 0 aliphatic rings. The molecule has 0 radical (unpaired) electrons. The third kappa shape index (κ3) is 3.95. The van der Waals surface area contributed by atoms with Crippen LogP contribution in [0.3, 0.4) is 0 Å². The highest BCUT2D eigenvalue weighted by Crippen LogP contribution is 2.27. The first-order chi connectivity index (χ1) is 17.3. The number of halogens is 1. The largest absolute Gasteiger partial charge is 0.497 e. The summed E-state index contributed by atoms with van der Waals surface area (Å²) in [5, 5.41) is 3.91. The van der Waals surface area contributed by atoms with E-state index in [1.807, 2.05) is 25.1 Å². The number of amides is 1. The predicted molar refractivity (Wildman–Crippen MR) is 142 cm³/mol. The van der Waals surface area contributed by atoms with Crippen molar-refractivity contribution in [1.29, 1.82) is 0 Å². The number of methoxy groups -OCH3 is 1. The topological polar surface area (TPSA) is 87.3 Å². The van der Waals surface area contributed by atoms with Crippen LogP contribution in [0, 0.1) is 6.92 Å². The molecule has 0 aliphatic heterocycles. The van der Waals surface area contributed by atoms with E-state index in [9.17, 15) is 14.4 Å². The Hall–Kier alpha value is -4.30. The van der Waals surface area contributed by atoms with Gasteiger partial charge >= 0.3 is 5.69 Å². The van der Waals surface area contributed by atoms with E-state index < -0.39 is 17.2 Å². The maximum Gasteiger partial charge on any atom is 0.336 e. The van der Waals surface area contributed by atoms with E-state index >= 15 is 0 Å². The number of aryl methyl sites for hydroxylation is 2. The average molecular weight is 503 g/mol. The van der Waals surface area contributed by atoms with Crippen LogP contribution in [0.25, 0.3) is 27.6 Å². The zero-order chi connectivity index (χ0) is 25.6. The summed E-state index contributed by atoms with van der Waals surface area (Å²) in [5.74, 6) is 0.166. The van der Waals surface area contributed by atoms with Gasteiger partial charge in [0.2, 0.25) is 5.91 Å². The van der Waals surface area contributed by atoms with Gasteiger partial charge in [-0.05, 0) is 49.4 Å². The number of nitrogens with one attached hydrogen (secondary N) is 1. The van der Waals surface area contributed by atoms with Gasteiger partial charge in [-0.2, -0.15) is 0 Å². The van der Waals surface area contributed by atoms with Gasteiger partial charge in [0.15, 0.2) is 0 Å². The quantitative estimate of drug-likeness (QED) is 0.389. The summed E-state index contributed by atoms with van der Waals surface area (Å²) in [7, 11) is 3.31. The number of anilines is 1. The molecule has 0 saturated carbocycles. The fraction of sp³-hybridized carbons (Fsp3) is 0.148. The molecule has 2 aromatic heterocycles. The van der Waals surface area contributed by atoms with Crippen LogP contribution in [0.5, 0.6) is 5.75 Å². The van der Waals surface area contributed by atoms with Gasteiger partial charge in [0.1, 0.15) is 17.8 Å². The van der Waals surface area contributed by atoms with Gasteiger partial charge in [-0.15, -0.1) is 0 Å². The molecule has 0 aliphatic carbocycles. The van der Waals surface area contributed by atoms with E-state index in [4.69, 9.17) is 16.3 Å². The van der Waals surface area contributed by atoms with E-state index in [2.05, 4.69) is 5.32 Å². The van der Waals surface area contributed by atoms with Gasteiger partial charge in [-0.3, -0.25) is 14.2 Å². The zero-order valence-corrected chi connectivity index (χ0v) is 20.7. The van der Waals surface area contributed by atoms with Crippen molar-refractivity contribution in [1.82, 2.24) is 13.7 Å². The Morgan fingerprint density at radius 1 is 1.00 bits per heavy atom. The lowest BCUT2D eigenvalue weighted by atomic mass is 10.1. The molecule has 1 amide bonds. The van der Waals surface area contributed by atoms with Crippen molar-refractivity contribution in [3.63, 3.8) is 0 Å². The number of hydrogen-bond acceptors (Lipinski definition) is 4. The Labute approximate surface area is 210 Å². The van der Waals surface area contributed by atoms with Gasteiger partial charge in [0, 0.05) is 29.2 Å². The molecule has 9 heteroatoms. The minimum atomic E-state index is -0.635. The molecular weight excluding hydrogens is 480 g/mol. The standard InChI is InChI=1S/C27H23ClN4O4/c1-16-10-11-22-21(12-16)24-25(30(22)2)26(34)32(19-8-4-6-17(28)13-19)27(35)31(24)15-23(33)29-18-7-5-9-20(14-18)36-3/h4-14H,15H2,1-3H3,(H,29,33). The average Bonchev–Trinajstić information content (AvgIpc) is 3.13. The van der Waals surface area contributed by atoms with E-state index in [0.717, 1.165) is 15.6 Å². The third-order valence-corrected chi connectivity index (χ3v) is 6.38. The van der Waals surface area contributed by atoms with Gasteiger partial charge in [-0.1, -0.05) is 35.4 Å². The number of benzene rings is 3. The molecule has 3 aromatic carbocycles. The van der Waals surface area contributed by atoms with Crippen molar-refractivity contribution in [2.24, 2.45) is 7.05 Å². The minimum Gasteiger partial charge on any atom is -0.497 e. The van der Waals surface area contributed by atoms with Gasteiger partial charge in [0.05, 0.1) is 23.8 Å². The second-order valence-electron chi connectivity index (χ2n) is 8.55. The lowest BCUT2D eigenvalue weighted by molar-refractivity contribution is -0.116. The number of hydrogen-bond donors (Lipinski definition) is 1. The third-order valence-electron chi connectivity index (χ3n) is 6.15. The smallest absolute Gasteiger partial charge is 0.336 e. The summed E-state index contributed by atoms with van der Waals surface area (Å²) in [5.41, 5.74) is 2.19. The molecule has 0 saturated heterocycles. The highest BCUT2D eigenvalue weighted by Gasteiger charge is 2.22. The zero-order valence-electron chi connectivity index (χ0n) is 19.9. The normalized spacial score (nSPS) is 11.2. The van der Waals surface area contributed by atoms with Crippen LogP contribution < -0.4 is 21.3 Å². The summed E-state index contributed by atoms with van der Waals surface area (Å²) in [6.07, 6.45) is 0. The molecular formula is C27H23ClN4O4. The van der Waals surface area contributed by atoms with Crippen molar-refractivity contribution in [2.45, 2.75) is 13.5 Å². The fourth-order valence-corrected chi connectivity index (χ4v) is 4.69. The van der Waals surface area contributed by atoms with Crippen LogP contribution in [0.4, 0.5) is 5.69 Å². The van der Waals surface area contributed by atoms with Gasteiger partial charge in [0.25, 0.3) is 5.56 Å². The Balaban J connectivity index is 1.76.